The van der Waals surface area contributed by atoms with Crippen molar-refractivity contribution >= 4 is 5.91 Å². The normalized spacial score (nSPS) is 21.1. The van der Waals surface area contributed by atoms with Crippen LogP contribution in [0.2, 0.25) is 0 Å². The molecule has 0 heterocycles. The number of carbonyl (C=O) groups excluding carboxylic acids is 1. The van der Waals surface area contributed by atoms with Gasteiger partial charge in [0.15, 0.2) is 0 Å². The third-order valence-corrected chi connectivity index (χ3v) is 3.97. The molecule has 0 saturated heterocycles. The Balaban J connectivity index is 1.70. The molecule has 1 amide bonds. The molecule has 4 nitrogen and oxygen atoms in total. The monoisotopic (exact) mass is 276 g/mol. The maximum absolute atomic E-state index is 11.5. The summed E-state index contributed by atoms with van der Waals surface area (Å²) in [7, 11) is 5.29. The predicted octanol–water partition coefficient (Wildman–Crippen LogP) is 2.01. The first-order valence-electron chi connectivity index (χ1n) is 7.17. The Hall–Kier alpha value is -1.55. The van der Waals surface area contributed by atoms with Gasteiger partial charge in [-0.2, -0.15) is 0 Å². The van der Waals surface area contributed by atoms with E-state index in [0.29, 0.717) is 18.4 Å². The van der Waals surface area contributed by atoms with Crippen LogP contribution in [-0.4, -0.2) is 44.6 Å². The highest BCUT2D eigenvalue weighted by Crippen LogP contribution is 2.37. The summed E-state index contributed by atoms with van der Waals surface area (Å²) in [4.78, 5) is 13.1. The Morgan fingerprint density at radius 2 is 2.15 bits per heavy atom. The van der Waals surface area contributed by atoms with E-state index in [0.717, 1.165) is 25.1 Å². The topological polar surface area (TPSA) is 41.6 Å². The van der Waals surface area contributed by atoms with Gasteiger partial charge in [0.05, 0.1) is 7.11 Å². The van der Waals surface area contributed by atoms with E-state index in [9.17, 15) is 4.79 Å². The molecule has 0 radical (unpaired) electrons. The lowest BCUT2D eigenvalue weighted by Crippen LogP contribution is -2.41. The molecule has 1 N–H and O–H groups in total. The van der Waals surface area contributed by atoms with Gasteiger partial charge in [-0.1, -0.05) is 12.1 Å². The lowest BCUT2D eigenvalue weighted by molar-refractivity contribution is -0.128. The van der Waals surface area contributed by atoms with E-state index in [1.807, 2.05) is 12.1 Å². The molecule has 20 heavy (non-hydrogen) atoms. The molecule has 0 atom stereocenters. The molecule has 0 bridgehead atoms. The number of nitrogens with zero attached hydrogens (tertiary/aromatic N) is 1. The molecule has 1 aliphatic carbocycles. The van der Waals surface area contributed by atoms with Gasteiger partial charge in [0, 0.05) is 33.1 Å². The summed E-state index contributed by atoms with van der Waals surface area (Å²) in [5.74, 6) is 1.73. The van der Waals surface area contributed by atoms with Crippen molar-refractivity contribution in [1.82, 2.24) is 10.2 Å². The van der Waals surface area contributed by atoms with Crippen molar-refractivity contribution in [1.29, 1.82) is 0 Å². The number of ether oxygens (including phenoxy) is 1. The Morgan fingerprint density at radius 3 is 2.80 bits per heavy atom. The van der Waals surface area contributed by atoms with E-state index in [4.69, 9.17) is 4.74 Å². The maximum Gasteiger partial charge on any atom is 0.223 e. The molecular weight excluding hydrogens is 252 g/mol. The van der Waals surface area contributed by atoms with Crippen LogP contribution in [0.4, 0.5) is 0 Å². The Labute approximate surface area is 121 Å². The van der Waals surface area contributed by atoms with E-state index >= 15 is 0 Å². The molecule has 4 heteroatoms. The van der Waals surface area contributed by atoms with Crippen molar-refractivity contribution in [2.24, 2.45) is 0 Å². The largest absolute Gasteiger partial charge is 0.497 e. The highest BCUT2D eigenvalue weighted by Gasteiger charge is 2.29. The highest BCUT2D eigenvalue weighted by molar-refractivity contribution is 5.75. The zero-order valence-corrected chi connectivity index (χ0v) is 12.6. The van der Waals surface area contributed by atoms with Gasteiger partial charge >= 0.3 is 0 Å². The fourth-order valence-corrected chi connectivity index (χ4v) is 2.56. The minimum Gasteiger partial charge on any atom is -0.497 e. The Kier molecular flexibility index (Phi) is 5.01. The first kappa shape index (κ1) is 14.9. The van der Waals surface area contributed by atoms with Gasteiger partial charge in [-0.15, -0.1) is 0 Å². The van der Waals surface area contributed by atoms with Crippen LogP contribution in [0.1, 0.15) is 30.7 Å². The quantitative estimate of drug-likeness (QED) is 0.864. The van der Waals surface area contributed by atoms with E-state index in [1.54, 1.807) is 26.1 Å². The van der Waals surface area contributed by atoms with Gasteiger partial charge in [-0.3, -0.25) is 4.79 Å². The number of hydrogen-bond acceptors (Lipinski definition) is 3. The molecule has 2 rings (SSSR count). The number of hydrogen-bond donors (Lipinski definition) is 1. The average molecular weight is 276 g/mol. The molecule has 1 fully saturated rings. The van der Waals surface area contributed by atoms with Gasteiger partial charge in [-0.25, -0.2) is 0 Å². The van der Waals surface area contributed by atoms with E-state index in [1.165, 1.54) is 5.56 Å². The van der Waals surface area contributed by atoms with Crippen molar-refractivity contribution < 1.29 is 9.53 Å². The number of benzene rings is 1. The van der Waals surface area contributed by atoms with Gasteiger partial charge in [0.2, 0.25) is 5.91 Å². The second kappa shape index (κ2) is 6.75. The minimum absolute atomic E-state index is 0.182. The Bertz CT molecular complexity index is 454. The van der Waals surface area contributed by atoms with Crippen LogP contribution in [0.3, 0.4) is 0 Å². The standard InChI is InChI=1S/C16H24N2O2/c1-18(2)16(19)7-8-17-14-9-13(10-14)12-5-4-6-15(11-12)20-3/h4-6,11,13-14,17H,7-10H2,1-3H3. The van der Waals surface area contributed by atoms with E-state index in [2.05, 4.69) is 17.4 Å². The summed E-state index contributed by atoms with van der Waals surface area (Å²) in [5, 5.41) is 3.45. The summed E-state index contributed by atoms with van der Waals surface area (Å²) in [5.41, 5.74) is 1.35. The van der Waals surface area contributed by atoms with Crippen LogP contribution in [0.5, 0.6) is 5.75 Å². The molecule has 1 aromatic rings. The first-order valence-corrected chi connectivity index (χ1v) is 7.17. The third-order valence-electron chi connectivity index (χ3n) is 3.97. The second-order valence-electron chi connectivity index (χ2n) is 5.63. The molecular formula is C16H24N2O2. The fourth-order valence-electron chi connectivity index (χ4n) is 2.56. The molecule has 0 unspecified atom stereocenters. The zero-order chi connectivity index (χ0) is 14.5. The van der Waals surface area contributed by atoms with E-state index in [-0.39, 0.29) is 5.91 Å². The molecule has 0 aliphatic heterocycles. The van der Waals surface area contributed by atoms with Gasteiger partial charge < -0.3 is 15.0 Å². The van der Waals surface area contributed by atoms with Crippen molar-refractivity contribution in [3.63, 3.8) is 0 Å². The van der Waals surface area contributed by atoms with Crippen LogP contribution in [0.15, 0.2) is 24.3 Å². The predicted molar refractivity (Wildman–Crippen MR) is 80.1 cm³/mol. The molecule has 110 valence electrons. The van der Waals surface area contributed by atoms with Crippen molar-refractivity contribution in [3.8, 4) is 5.75 Å². The third kappa shape index (κ3) is 3.73. The zero-order valence-electron chi connectivity index (χ0n) is 12.6. The molecule has 1 saturated carbocycles. The van der Waals surface area contributed by atoms with Crippen LogP contribution in [0.25, 0.3) is 0 Å². The number of nitrogens with one attached hydrogen (secondary N) is 1. The lowest BCUT2D eigenvalue weighted by atomic mass is 9.76. The summed E-state index contributed by atoms with van der Waals surface area (Å²) < 4.78 is 5.26. The van der Waals surface area contributed by atoms with Gasteiger partial charge in [0.25, 0.3) is 0 Å². The molecule has 1 aromatic carbocycles. The average Bonchev–Trinajstić information content (AvgIpc) is 2.40. The second-order valence-corrected chi connectivity index (χ2v) is 5.63. The van der Waals surface area contributed by atoms with Crippen LogP contribution in [0, 0.1) is 0 Å². The van der Waals surface area contributed by atoms with Crippen molar-refractivity contribution in [2.75, 3.05) is 27.7 Å². The number of carbonyl (C=O) groups is 1. The number of rotatable bonds is 6. The summed E-state index contributed by atoms with van der Waals surface area (Å²) in [6.07, 6.45) is 2.86. The summed E-state index contributed by atoms with van der Waals surface area (Å²) in [6, 6.07) is 8.85. The molecule has 1 aliphatic rings. The lowest BCUT2D eigenvalue weighted by Gasteiger charge is -2.36. The van der Waals surface area contributed by atoms with Crippen LogP contribution >= 0.6 is 0 Å². The SMILES string of the molecule is COc1cccc(C2CC(NCCC(=O)N(C)C)C2)c1. The fraction of sp³-hybridized carbons (Fsp3) is 0.562. The smallest absolute Gasteiger partial charge is 0.223 e. The van der Waals surface area contributed by atoms with Crippen LogP contribution in [-0.2, 0) is 4.79 Å². The first-order chi connectivity index (χ1) is 9.60. The summed E-state index contributed by atoms with van der Waals surface area (Å²) in [6.45, 7) is 0.770. The molecule has 0 aromatic heterocycles. The maximum atomic E-state index is 11.5. The van der Waals surface area contributed by atoms with Gasteiger partial charge in [-0.05, 0) is 36.5 Å². The number of amides is 1. The molecule has 0 spiro atoms. The van der Waals surface area contributed by atoms with E-state index < -0.39 is 0 Å². The number of methoxy groups -OCH3 is 1. The Morgan fingerprint density at radius 1 is 1.40 bits per heavy atom. The van der Waals surface area contributed by atoms with Gasteiger partial charge in [0.1, 0.15) is 5.75 Å². The van der Waals surface area contributed by atoms with Crippen molar-refractivity contribution in [3.05, 3.63) is 29.8 Å². The van der Waals surface area contributed by atoms with Crippen LogP contribution < -0.4 is 10.1 Å². The highest BCUT2D eigenvalue weighted by atomic mass is 16.5. The minimum atomic E-state index is 0.182. The summed E-state index contributed by atoms with van der Waals surface area (Å²) >= 11 is 0. The van der Waals surface area contributed by atoms with Crippen molar-refractivity contribution in [2.45, 2.75) is 31.2 Å².